The van der Waals surface area contributed by atoms with Crippen molar-refractivity contribution in [2.75, 3.05) is 0 Å². The number of hydrogen-bond acceptors (Lipinski definition) is 3. The zero-order valence-corrected chi connectivity index (χ0v) is 9.87. The Kier molecular flexibility index (Phi) is 5.21. The van der Waals surface area contributed by atoms with Crippen LogP contribution in [0.2, 0.25) is 0 Å². The number of carbonyl (C=O) groups excluding carboxylic acids is 1. The maximum absolute atomic E-state index is 11.6. The van der Waals surface area contributed by atoms with Gasteiger partial charge in [-0.3, -0.25) is 14.6 Å². The third kappa shape index (κ3) is 4.16. The molecule has 0 bridgehead atoms. The van der Waals surface area contributed by atoms with Crippen LogP contribution in [-0.2, 0) is 13.9 Å². The van der Waals surface area contributed by atoms with Crippen LogP contribution in [0.4, 0.5) is 0 Å². The minimum atomic E-state index is -4.75. The Morgan fingerprint density at radius 1 is 1.47 bits per heavy atom. The molecule has 0 fully saturated rings. The van der Waals surface area contributed by atoms with Crippen LogP contribution in [0.5, 0.6) is 0 Å². The summed E-state index contributed by atoms with van der Waals surface area (Å²) >= 11 is 0. The SMILES string of the molecule is C=CCC(CC)(CC)C(=O)OP(=O)(O)O. The van der Waals surface area contributed by atoms with E-state index in [1.165, 1.54) is 0 Å². The number of allylic oxidation sites excluding steroid dienone is 1. The van der Waals surface area contributed by atoms with E-state index in [4.69, 9.17) is 9.79 Å². The first-order valence-electron chi connectivity index (χ1n) is 4.71. The van der Waals surface area contributed by atoms with E-state index < -0.39 is 19.2 Å². The lowest BCUT2D eigenvalue weighted by Gasteiger charge is -2.27. The van der Waals surface area contributed by atoms with Crippen LogP contribution in [0.15, 0.2) is 12.7 Å². The standard InChI is InChI=1S/C9H17O5P/c1-4-7-9(5-2,6-3)8(10)14-15(11,12)13/h4H,1,5-7H2,2-3H3,(H2,11,12,13). The number of hydrogen-bond donors (Lipinski definition) is 2. The zero-order chi connectivity index (χ0) is 12.1. The van der Waals surface area contributed by atoms with Gasteiger partial charge in [0, 0.05) is 0 Å². The van der Waals surface area contributed by atoms with Gasteiger partial charge in [0.25, 0.3) is 0 Å². The summed E-state index contributed by atoms with van der Waals surface area (Å²) in [6.45, 7) is 7.06. The van der Waals surface area contributed by atoms with Gasteiger partial charge in [-0.15, -0.1) is 6.58 Å². The Balaban J connectivity index is 4.84. The molecule has 5 nitrogen and oxygen atoms in total. The Labute approximate surface area is 89.4 Å². The van der Waals surface area contributed by atoms with Crippen molar-refractivity contribution in [1.82, 2.24) is 0 Å². The molecule has 0 aliphatic carbocycles. The normalized spacial score (nSPS) is 12.3. The summed E-state index contributed by atoms with van der Waals surface area (Å²) in [5, 5.41) is 0. The number of phosphoric acid groups is 1. The average molecular weight is 236 g/mol. The van der Waals surface area contributed by atoms with Crippen molar-refractivity contribution in [3.63, 3.8) is 0 Å². The van der Waals surface area contributed by atoms with Gasteiger partial charge < -0.3 is 4.52 Å². The molecule has 0 aliphatic heterocycles. The molecule has 0 atom stereocenters. The molecular formula is C9H17O5P. The van der Waals surface area contributed by atoms with Gasteiger partial charge >= 0.3 is 13.8 Å². The summed E-state index contributed by atoms with van der Waals surface area (Å²) in [6.07, 6.45) is 2.80. The van der Waals surface area contributed by atoms with Crippen molar-refractivity contribution in [2.45, 2.75) is 33.1 Å². The van der Waals surface area contributed by atoms with Crippen molar-refractivity contribution < 1.29 is 23.7 Å². The lowest BCUT2D eigenvalue weighted by atomic mass is 9.79. The van der Waals surface area contributed by atoms with Gasteiger partial charge in [0.05, 0.1) is 5.41 Å². The topological polar surface area (TPSA) is 83.8 Å². The van der Waals surface area contributed by atoms with Crippen LogP contribution >= 0.6 is 7.82 Å². The first-order chi connectivity index (χ1) is 6.81. The van der Waals surface area contributed by atoms with Gasteiger partial charge in [-0.2, -0.15) is 0 Å². The number of phosphoric ester groups is 1. The second kappa shape index (κ2) is 5.45. The fraction of sp³-hybridized carbons (Fsp3) is 0.667. The molecule has 0 radical (unpaired) electrons. The number of carbonyl (C=O) groups is 1. The van der Waals surface area contributed by atoms with E-state index in [0.29, 0.717) is 19.3 Å². The van der Waals surface area contributed by atoms with E-state index >= 15 is 0 Å². The van der Waals surface area contributed by atoms with Gasteiger partial charge in [0.2, 0.25) is 0 Å². The molecule has 0 heterocycles. The maximum atomic E-state index is 11.6. The van der Waals surface area contributed by atoms with E-state index in [9.17, 15) is 9.36 Å². The maximum Gasteiger partial charge on any atom is 0.527 e. The molecular weight excluding hydrogens is 219 g/mol. The second-order valence-electron chi connectivity index (χ2n) is 3.35. The number of rotatable bonds is 6. The fourth-order valence-electron chi connectivity index (χ4n) is 1.39. The molecule has 0 spiro atoms. The van der Waals surface area contributed by atoms with Gasteiger partial charge in [-0.05, 0) is 19.3 Å². The summed E-state index contributed by atoms with van der Waals surface area (Å²) in [6, 6.07) is 0. The average Bonchev–Trinajstić information content (AvgIpc) is 2.11. The summed E-state index contributed by atoms with van der Waals surface area (Å²) in [7, 11) is -4.75. The van der Waals surface area contributed by atoms with Crippen molar-refractivity contribution >= 4 is 13.8 Å². The van der Waals surface area contributed by atoms with Gasteiger partial charge in [-0.25, -0.2) is 4.57 Å². The predicted molar refractivity (Wildman–Crippen MR) is 56.0 cm³/mol. The molecule has 0 aromatic rings. The summed E-state index contributed by atoms with van der Waals surface area (Å²) in [5.41, 5.74) is -0.872. The largest absolute Gasteiger partial charge is 0.527 e. The van der Waals surface area contributed by atoms with E-state index in [1.807, 2.05) is 0 Å². The molecule has 15 heavy (non-hydrogen) atoms. The molecule has 0 aromatic heterocycles. The van der Waals surface area contributed by atoms with Crippen LogP contribution in [0.25, 0.3) is 0 Å². The molecule has 2 N–H and O–H groups in total. The highest BCUT2D eigenvalue weighted by Crippen LogP contribution is 2.42. The van der Waals surface area contributed by atoms with Crippen molar-refractivity contribution in [1.29, 1.82) is 0 Å². The van der Waals surface area contributed by atoms with Crippen LogP contribution in [-0.4, -0.2) is 15.8 Å². The highest BCUT2D eigenvalue weighted by atomic mass is 31.2. The van der Waals surface area contributed by atoms with Crippen molar-refractivity contribution in [3.8, 4) is 0 Å². The summed E-state index contributed by atoms with van der Waals surface area (Å²) in [4.78, 5) is 28.7. The van der Waals surface area contributed by atoms with Gasteiger partial charge in [-0.1, -0.05) is 19.9 Å². The Bertz CT molecular complexity index is 276. The van der Waals surface area contributed by atoms with Crippen LogP contribution < -0.4 is 0 Å². The Morgan fingerprint density at radius 2 is 1.93 bits per heavy atom. The third-order valence-corrected chi connectivity index (χ3v) is 2.93. The lowest BCUT2D eigenvalue weighted by Crippen LogP contribution is -2.30. The minimum absolute atomic E-state index is 0.346. The Morgan fingerprint density at radius 3 is 2.20 bits per heavy atom. The van der Waals surface area contributed by atoms with E-state index in [-0.39, 0.29) is 0 Å². The monoisotopic (exact) mass is 236 g/mol. The van der Waals surface area contributed by atoms with Crippen molar-refractivity contribution in [2.24, 2.45) is 5.41 Å². The second-order valence-corrected chi connectivity index (χ2v) is 4.51. The molecule has 0 aliphatic rings. The minimum Gasteiger partial charge on any atom is -0.370 e. The molecule has 0 rings (SSSR count). The smallest absolute Gasteiger partial charge is 0.370 e. The fourth-order valence-corrected chi connectivity index (χ4v) is 1.80. The van der Waals surface area contributed by atoms with E-state index in [0.717, 1.165) is 0 Å². The predicted octanol–water partition coefficient (Wildman–Crippen LogP) is 2.00. The molecule has 6 heteroatoms. The quantitative estimate of drug-likeness (QED) is 0.544. The zero-order valence-electron chi connectivity index (χ0n) is 8.97. The molecule has 0 saturated heterocycles. The Hall–Kier alpha value is -0.640. The van der Waals surface area contributed by atoms with Crippen LogP contribution in [0.1, 0.15) is 33.1 Å². The highest BCUT2D eigenvalue weighted by Gasteiger charge is 2.38. The first-order valence-corrected chi connectivity index (χ1v) is 6.25. The lowest BCUT2D eigenvalue weighted by molar-refractivity contribution is -0.147. The van der Waals surface area contributed by atoms with E-state index in [2.05, 4.69) is 11.1 Å². The first kappa shape index (κ1) is 14.4. The van der Waals surface area contributed by atoms with Crippen molar-refractivity contribution in [3.05, 3.63) is 12.7 Å². The van der Waals surface area contributed by atoms with Gasteiger partial charge in [0.1, 0.15) is 0 Å². The summed E-state index contributed by atoms with van der Waals surface area (Å²) < 4.78 is 14.7. The summed E-state index contributed by atoms with van der Waals surface area (Å²) in [5.74, 6) is -0.860. The molecule has 0 amide bonds. The molecule has 0 aromatic carbocycles. The van der Waals surface area contributed by atoms with Crippen LogP contribution in [0.3, 0.4) is 0 Å². The third-order valence-electron chi connectivity index (χ3n) is 2.52. The molecule has 0 unspecified atom stereocenters. The van der Waals surface area contributed by atoms with E-state index in [1.54, 1.807) is 19.9 Å². The highest BCUT2D eigenvalue weighted by molar-refractivity contribution is 7.46. The van der Waals surface area contributed by atoms with Crippen LogP contribution in [0, 0.1) is 5.41 Å². The molecule has 88 valence electrons. The van der Waals surface area contributed by atoms with Gasteiger partial charge in [0.15, 0.2) is 0 Å². The molecule has 0 saturated carbocycles.